The molecule has 0 bridgehead atoms. The Balaban J connectivity index is 1.29. The Kier molecular flexibility index (Phi) is 6.31. The number of aliphatic hydroxyl groups is 1. The zero-order valence-electron chi connectivity index (χ0n) is 17.3. The van der Waals surface area contributed by atoms with Crippen molar-refractivity contribution in [3.8, 4) is 0 Å². The van der Waals surface area contributed by atoms with Crippen LogP contribution < -0.4 is 5.32 Å². The molecule has 29 heavy (non-hydrogen) atoms. The van der Waals surface area contributed by atoms with Crippen LogP contribution in [0.5, 0.6) is 0 Å². The van der Waals surface area contributed by atoms with Crippen molar-refractivity contribution in [1.29, 1.82) is 0 Å². The summed E-state index contributed by atoms with van der Waals surface area (Å²) in [6.45, 7) is 3.17. The molecule has 6 nitrogen and oxygen atoms in total. The molecule has 2 N–H and O–H groups in total. The number of benzene rings is 1. The van der Waals surface area contributed by atoms with Gasteiger partial charge in [-0.15, -0.1) is 0 Å². The maximum absolute atomic E-state index is 12.7. The average Bonchev–Trinajstić information content (AvgIpc) is 3.32. The Morgan fingerprint density at radius 2 is 2.03 bits per heavy atom. The summed E-state index contributed by atoms with van der Waals surface area (Å²) in [6, 6.07) is 8.27. The molecule has 6 heteroatoms. The number of carbonyl (C=O) groups is 1. The molecule has 1 aliphatic carbocycles. The predicted octanol–water partition coefficient (Wildman–Crippen LogP) is 2.52. The fourth-order valence-corrected chi connectivity index (χ4v) is 4.70. The summed E-state index contributed by atoms with van der Waals surface area (Å²) in [7, 11) is 1.96. The number of nitrogens with one attached hydrogen (secondary N) is 1. The first-order valence-corrected chi connectivity index (χ1v) is 10.8. The van der Waals surface area contributed by atoms with Gasteiger partial charge in [0.05, 0.1) is 12.3 Å². The van der Waals surface area contributed by atoms with Crippen molar-refractivity contribution in [2.24, 2.45) is 13.0 Å². The maximum Gasteiger partial charge on any atom is 0.251 e. The third kappa shape index (κ3) is 5.46. The van der Waals surface area contributed by atoms with E-state index < -0.39 is 0 Å². The van der Waals surface area contributed by atoms with Crippen molar-refractivity contribution in [2.45, 2.75) is 57.2 Å². The number of likely N-dealkylation sites (tertiary alicyclic amines) is 1. The third-order valence-electron chi connectivity index (χ3n) is 6.28. The van der Waals surface area contributed by atoms with Gasteiger partial charge in [0.1, 0.15) is 0 Å². The van der Waals surface area contributed by atoms with Crippen molar-refractivity contribution < 1.29 is 9.90 Å². The number of amides is 1. The van der Waals surface area contributed by atoms with E-state index in [0.29, 0.717) is 5.92 Å². The van der Waals surface area contributed by atoms with Crippen LogP contribution in [-0.4, -0.2) is 50.9 Å². The van der Waals surface area contributed by atoms with Gasteiger partial charge in [-0.1, -0.05) is 12.1 Å². The third-order valence-corrected chi connectivity index (χ3v) is 6.28. The zero-order valence-corrected chi connectivity index (χ0v) is 17.3. The van der Waals surface area contributed by atoms with Crippen molar-refractivity contribution in [3.63, 3.8) is 0 Å². The van der Waals surface area contributed by atoms with E-state index in [0.717, 1.165) is 57.3 Å². The summed E-state index contributed by atoms with van der Waals surface area (Å²) in [5.41, 5.74) is 3.26. The highest BCUT2D eigenvalue weighted by Gasteiger charge is 2.24. The van der Waals surface area contributed by atoms with Gasteiger partial charge in [0.25, 0.3) is 5.91 Å². The molecule has 1 aromatic carbocycles. The molecule has 0 spiro atoms. The standard InChI is InChI=1S/C23H32N4O2/c1-26-14-19(13-24-26)16-27-10-9-18(15-27)11-17-3-2-4-20(12-17)23(29)25-21-5-7-22(28)8-6-21/h2-4,12-14,18,21-22,28H,5-11,15-16H2,1H3,(H,25,29). The average molecular weight is 397 g/mol. The molecule has 1 unspecified atom stereocenters. The summed E-state index contributed by atoms with van der Waals surface area (Å²) in [6.07, 6.45) is 9.33. The molecule has 0 radical (unpaired) electrons. The fraction of sp³-hybridized carbons (Fsp3) is 0.565. The number of aryl methyl sites for hydroxylation is 1. The number of hydrogen-bond acceptors (Lipinski definition) is 4. The fourth-order valence-electron chi connectivity index (χ4n) is 4.70. The van der Waals surface area contributed by atoms with E-state index in [-0.39, 0.29) is 18.1 Å². The van der Waals surface area contributed by atoms with E-state index in [4.69, 9.17) is 0 Å². The summed E-state index contributed by atoms with van der Waals surface area (Å²) in [5, 5.41) is 17.0. The first kappa shape index (κ1) is 20.1. The molecule has 156 valence electrons. The Hall–Kier alpha value is -2.18. The molecule has 2 aromatic rings. The van der Waals surface area contributed by atoms with Gasteiger partial charge in [-0.2, -0.15) is 5.10 Å². The minimum atomic E-state index is -0.199. The highest BCUT2D eigenvalue weighted by atomic mass is 16.3. The molecular weight excluding hydrogens is 364 g/mol. The zero-order chi connectivity index (χ0) is 20.2. The molecule has 2 fully saturated rings. The van der Waals surface area contributed by atoms with Crippen molar-refractivity contribution in [2.75, 3.05) is 13.1 Å². The van der Waals surface area contributed by atoms with Crippen molar-refractivity contribution in [3.05, 3.63) is 53.3 Å². The van der Waals surface area contributed by atoms with Crippen molar-refractivity contribution in [1.82, 2.24) is 20.0 Å². The van der Waals surface area contributed by atoms with Crippen LogP contribution in [0.25, 0.3) is 0 Å². The van der Waals surface area contributed by atoms with Gasteiger partial charge in [0.15, 0.2) is 0 Å². The minimum Gasteiger partial charge on any atom is -0.393 e. The van der Waals surface area contributed by atoms with Gasteiger partial charge in [-0.05, 0) is 68.7 Å². The van der Waals surface area contributed by atoms with Gasteiger partial charge in [-0.3, -0.25) is 14.4 Å². The largest absolute Gasteiger partial charge is 0.393 e. The van der Waals surface area contributed by atoms with Gasteiger partial charge in [0, 0.05) is 43.5 Å². The molecule has 2 aliphatic rings. The van der Waals surface area contributed by atoms with Gasteiger partial charge < -0.3 is 10.4 Å². The van der Waals surface area contributed by atoms with Gasteiger partial charge in [0.2, 0.25) is 0 Å². The second kappa shape index (κ2) is 9.09. The number of aliphatic hydroxyl groups excluding tert-OH is 1. The Labute approximate surface area is 172 Å². The number of rotatable bonds is 6. The smallest absolute Gasteiger partial charge is 0.251 e. The second-order valence-corrected chi connectivity index (χ2v) is 8.80. The number of aromatic nitrogens is 2. The van der Waals surface area contributed by atoms with E-state index in [9.17, 15) is 9.90 Å². The van der Waals surface area contributed by atoms with Gasteiger partial charge in [-0.25, -0.2) is 0 Å². The van der Waals surface area contributed by atoms with E-state index >= 15 is 0 Å². The summed E-state index contributed by atoms with van der Waals surface area (Å²) < 4.78 is 1.86. The van der Waals surface area contributed by atoms with E-state index in [1.165, 1.54) is 17.5 Å². The summed E-state index contributed by atoms with van der Waals surface area (Å²) >= 11 is 0. The van der Waals surface area contributed by atoms with Crippen LogP contribution in [0.1, 0.15) is 53.6 Å². The van der Waals surface area contributed by atoms with Crippen LogP contribution >= 0.6 is 0 Å². The molecular formula is C23H32N4O2. The van der Waals surface area contributed by atoms with Crippen LogP contribution in [0.4, 0.5) is 0 Å². The number of carbonyl (C=O) groups excluding carboxylic acids is 1. The minimum absolute atomic E-state index is 0.0119. The molecule has 2 heterocycles. The van der Waals surface area contributed by atoms with E-state index in [1.54, 1.807) is 0 Å². The second-order valence-electron chi connectivity index (χ2n) is 8.80. The molecule has 1 aromatic heterocycles. The summed E-state index contributed by atoms with van der Waals surface area (Å²) in [5.74, 6) is 0.641. The van der Waals surface area contributed by atoms with Crippen LogP contribution in [0, 0.1) is 5.92 Å². The SMILES string of the molecule is Cn1cc(CN2CCC(Cc3cccc(C(=O)NC4CCC(O)CC4)c3)C2)cn1. The maximum atomic E-state index is 12.7. The molecule has 1 aliphatic heterocycles. The van der Waals surface area contributed by atoms with Gasteiger partial charge >= 0.3 is 0 Å². The Bertz CT molecular complexity index is 826. The Morgan fingerprint density at radius 3 is 2.79 bits per heavy atom. The predicted molar refractivity (Wildman–Crippen MR) is 112 cm³/mol. The molecule has 1 amide bonds. The van der Waals surface area contributed by atoms with E-state index in [1.807, 2.05) is 30.1 Å². The Morgan fingerprint density at radius 1 is 1.21 bits per heavy atom. The number of hydrogen-bond donors (Lipinski definition) is 2. The monoisotopic (exact) mass is 396 g/mol. The quantitative estimate of drug-likeness (QED) is 0.787. The lowest BCUT2D eigenvalue weighted by atomic mass is 9.92. The van der Waals surface area contributed by atoms with E-state index in [2.05, 4.69) is 33.6 Å². The highest BCUT2D eigenvalue weighted by molar-refractivity contribution is 5.94. The highest BCUT2D eigenvalue weighted by Crippen LogP contribution is 2.23. The molecule has 4 rings (SSSR count). The van der Waals surface area contributed by atoms with Crippen LogP contribution in [-0.2, 0) is 20.0 Å². The van der Waals surface area contributed by atoms with Crippen LogP contribution in [0.15, 0.2) is 36.7 Å². The van der Waals surface area contributed by atoms with Crippen molar-refractivity contribution >= 4 is 5.91 Å². The lowest BCUT2D eigenvalue weighted by molar-refractivity contribution is 0.0867. The van der Waals surface area contributed by atoms with Crippen LogP contribution in [0.2, 0.25) is 0 Å². The normalized spacial score (nSPS) is 25.2. The topological polar surface area (TPSA) is 70.4 Å². The summed E-state index contributed by atoms with van der Waals surface area (Å²) in [4.78, 5) is 15.1. The molecule has 1 atom stereocenters. The number of nitrogens with zero attached hydrogens (tertiary/aromatic N) is 3. The first-order valence-electron chi connectivity index (χ1n) is 10.8. The first-order chi connectivity index (χ1) is 14.0. The molecule has 1 saturated heterocycles. The lowest BCUT2D eigenvalue weighted by Gasteiger charge is -2.26. The lowest BCUT2D eigenvalue weighted by Crippen LogP contribution is -2.38. The van der Waals surface area contributed by atoms with Crippen LogP contribution in [0.3, 0.4) is 0 Å². The molecule has 1 saturated carbocycles.